The molecule has 0 bridgehead atoms. The van der Waals surface area contributed by atoms with Crippen LogP contribution in [0.2, 0.25) is 10.0 Å². The zero-order valence-electron chi connectivity index (χ0n) is 15.1. The molecule has 0 aliphatic heterocycles. The number of anilines is 2. The van der Waals surface area contributed by atoms with E-state index in [1.165, 1.54) is 7.05 Å². The highest BCUT2D eigenvalue weighted by Gasteiger charge is 2.19. The predicted octanol–water partition coefficient (Wildman–Crippen LogP) is 4.19. The fourth-order valence-corrected chi connectivity index (χ4v) is 3.29. The van der Waals surface area contributed by atoms with Gasteiger partial charge in [0.15, 0.2) is 6.10 Å². The predicted molar refractivity (Wildman–Crippen MR) is 109 cm³/mol. The van der Waals surface area contributed by atoms with Crippen LogP contribution in [0.5, 0.6) is 5.75 Å². The Morgan fingerprint density at radius 1 is 1.15 bits per heavy atom. The first kappa shape index (κ1) is 21.3. The Hall–Kier alpha value is -1.96. The molecule has 0 unspecified atom stereocenters. The molecule has 0 radical (unpaired) electrons. The summed E-state index contributed by atoms with van der Waals surface area (Å²) in [4.78, 5) is 12.5. The van der Waals surface area contributed by atoms with Gasteiger partial charge < -0.3 is 10.1 Å². The lowest BCUT2D eigenvalue weighted by atomic mass is 10.2. The van der Waals surface area contributed by atoms with Gasteiger partial charge in [-0.15, -0.1) is 0 Å². The number of amides is 1. The zero-order valence-corrected chi connectivity index (χ0v) is 17.4. The number of hydrogen-bond acceptors (Lipinski definition) is 4. The second-order valence-corrected chi connectivity index (χ2v) is 8.77. The number of sulfonamides is 1. The average molecular weight is 431 g/mol. The average Bonchev–Trinajstić information content (AvgIpc) is 2.57. The third-order valence-electron chi connectivity index (χ3n) is 3.77. The molecule has 0 aliphatic rings. The molecular formula is C18H20Cl2N2O4S. The van der Waals surface area contributed by atoms with Gasteiger partial charge >= 0.3 is 0 Å². The SMILES string of the molecule is CC[C@@H](Oc1ccc(N(C)S(C)(=O)=O)cc1)C(=O)Nc1cc(Cl)cc(Cl)c1. The molecule has 1 amide bonds. The monoisotopic (exact) mass is 430 g/mol. The maximum Gasteiger partial charge on any atom is 0.265 e. The van der Waals surface area contributed by atoms with Gasteiger partial charge in [-0.05, 0) is 48.9 Å². The lowest BCUT2D eigenvalue weighted by Gasteiger charge is -2.19. The minimum atomic E-state index is -3.34. The molecule has 0 saturated carbocycles. The number of hydrogen-bond donors (Lipinski definition) is 1. The quantitative estimate of drug-likeness (QED) is 0.714. The molecule has 0 saturated heterocycles. The summed E-state index contributed by atoms with van der Waals surface area (Å²) in [5.41, 5.74) is 0.973. The van der Waals surface area contributed by atoms with E-state index in [1.54, 1.807) is 42.5 Å². The van der Waals surface area contributed by atoms with Gasteiger partial charge in [0.05, 0.1) is 11.9 Å². The van der Waals surface area contributed by atoms with Crippen LogP contribution in [0.25, 0.3) is 0 Å². The molecular weight excluding hydrogens is 411 g/mol. The topological polar surface area (TPSA) is 75.7 Å². The maximum atomic E-state index is 12.5. The first-order valence-corrected chi connectivity index (χ1v) is 10.7. The van der Waals surface area contributed by atoms with Crippen molar-refractivity contribution < 1.29 is 17.9 Å². The number of rotatable bonds is 7. The number of carbonyl (C=O) groups is 1. The van der Waals surface area contributed by atoms with Crippen molar-refractivity contribution in [3.05, 3.63) is 52.5 Å². The summed E-state index contributed by atoms with van der Waals surface area (Å²) in [5.74, 6) is 0.111. The van der Waals surface area contributed by atoms with Crippen molar-refractivity contribution in [1.82, 2.24) is 0 Å². The normalized spacial score (nSPS) is 12.3. The Morgan fingerprint density at radius 3 is 2.19 bits per heavy atom. The Bertz CT molecular complexity index is 897. The van der Waals surface area contributed by atoms with Crippen LogP contribution in [0.1, 0.15) is 13.3 Å². The second kappa shape index (κ2) is 8.82. The summed E-state index contributed by atoms with van der Waals surface area (Å²) < 4.78 is 30.0. The highest BCUT2D eigenvalue weighted by Crippen LogP contribution is 2.24. The van der Waals surface area contributed by atoms with Gasteiger partial charge in [-0.25, -0.2) is 8.42 Å². The van der Waals surface area contributed by atoms with Crippen molar-refractivity contribution in [2.45, 2.75) is 19.4 Å². The first-order valence-electron chi connectivity index (χ1n) is 8.07. The van der Waals surface area contributed by atoms with Crippen molar-refractivity contribution in [1.29, 1.82) is 0 Å². The third-order valence-corrected chi connectivity index (χ3v) is 5.41. The maximum absolute atomic E-state index is 12.5. The van der Waals surface area contributed by atoms with Gasteiger partial charge in [0, 0.05) is 22.8 Å². The van der Waals surface area contributed by atoms with E-state index < -0.39 is 16.1 Å². The molecule has 2 rings (SSSR count). The number of carbonyl (C=O) groups excluding carboxylic acids is 1. The van der Waals surface area contributed by atoms with Crippen LogP contribution in [0.4, 0.5) is 11.4 Å². The molecule has 9 heteroatoms. The van der Waals surface area contributed by atoms with Gasteiger partial charge in [0.1, 0.15) is 5.75 Å². The van der Waals surface area contributed by atoms with Crippen molar-refractivity contribution in [2.75, 3.05) is 22.9 Å². The van der Waals surface area contributed by atoms with Crippen molar-refractivity contribution in [3.8, 4) is 5.75 Å². The van der Waals surface area contributed by atoms with Gasteiger partial charge in [0.2, 0.25) is 10.0 Å². The van der Waals surface area contributed by atoms with Gasteiger partial charge in [-0.3, -0.25) is 9.10 Å². The molecule has 6 nitrogen and oxygen atoms in total. The van der Waals surface area contributed by atoms with Crippen LogP contribution in [-0.2, 0) is 14.8 Å². The second-order valence-electron chi connectivity index (χ2n) is 5.89. The van der Waals surface area contributed by atoms with Crippen molar-refractivity contribution in [3.63, 3.8) is 0 Å². The molecule has 0 aliphatic carbocycles. The van der Waals surface area contributed by atoms with E-state index in [-0.39, 0.29) is 5.91 Å². The molecule has 27 heavy (non-hydrogen) atoms. The molecule has 2 aromatic rings. The number of ether oxygens (including phenoxy) is 1. The minimum absolute atomic E-state index is 0.340. The summed E-state index contributed by atoms with van der Waals surface area (Å²) >= 11 is 11.9. The molecule has 2 aromatic carbocycles. The molecule has 146 valence electrons. The standard InChI is InChI=1S/C18H20Cl2N2O4S/c1-4-17(18(23)21-14-10-12(19)9-13(20)11-14)26-16-7-5-15(6-8-16)22(2)27(3,24)25/h5-11,17H,4H2,1-3H3,(H,21,23)/t17-/m1/s1. The van der Waals surface area contributed by atoms with Crippen LogP contribution in [-0.4, -0.2) is 33.7 Å². The number of halogens is 2. The number of nitrogens with one attached hydrogen (secondary N) is 1. The van der Waals surface area contributed by atoms with E-state index in [1.807, 2.05) is 6.92 Å². The van der Waals surface area contributed by atoms with Gasteiger partial charge in [0.25, 0.3) is 5.91 Å². The highest BCUT2D eigenvalue weighted by atomic mass is 35.5. The highest BCUT2D eigenvalue weighted by molar-refractivity contribution is 7.92. The minimum Gasteiger partial charge on any atom is -0.481 e. The van der Waals surface area contributed by atoms with Crippen LogP contribution < -0.4 is 14.4 Å². The summed E-state index contributed by atoms with van der Waals surface area (Å²) in [6.45, 7) is 1.82. The van der Waals surface area contributed by atoms with Crippen LogP contribution in [0, 0.1) is 0 Å². The molecule has 1 atom stereocenters. The lowest BCUT2D eigenvalue weighted by Crippen LogP contribution is -2.32. The first-order chi connectivity index (χ1) is 12.6. The Kier molecular flexibility index (Phi) is 6.97. The Labute approximate surface area is 169 Å². The largest absolute Gasteiger partial charge is 0.481 e. The third kappa shape index (κ3) is 6.02. The van der Waals surface area contributed by atoms with Crippen molar-refractivity contribution >= 4 is 50.5 Å². The fourth-order valence-electron chi connectivity index (χ4n) is 2.26. The van der Waals surface area contributed by atoms with Crippen LogP contribution in [0.15, 0.2) is 42.5 Å². The summed E-state index contributed by atoms with van der Waals surface area (Å²) in [6.07, 6.45) is 0.823. The van der Waals surface area contributed by atoms with Crippen LogP contribution >= 0.6 is 23.2 Å². The van der Waals surface area contributed by atoms with E-state index in [2.05, 4.69) is 5.32 Å². The number of benzene rings is 2. The van der Waals surface area contributed by atoms with E-state index in [0.717, 1.165) is 10.6 Å². The Balaban J connectivity index is 2.08. The summed E-state index contributed by atoms with van der Waals surface area (Å²) in [5, 5.41) is 3.55. The van der Waals surface area contributed by atoms with E-state index in [9.17, 15) is 13.2 Å². The Morgan fingerprint density at radius 2 is 1.70 bits per heavy atom. The molecule has 0 aromatic heterocycles. The lowest BCUT2D eigenvalue weighted by molar-refractivity contribution is -0.122. The van der Waals surface area contributed by atoms with E-state index in [4.69, 9.17) is 27.9 Å². The molecule has 0 spiro atoms. The van der Waals surface area contributed by atoms with Gasteiger partial charge in [-0.1, -0.05) is 30.1 Å². The van der Waals surface area contributed by atoms with Crippen LogP contribution in [0.3, 0.4) is 0 Å². The smallest absolute Gasteiger partial charge is 0.265 e. The van der Waals surface area contributed by atoms with Crippen molar-refractivity contribution in [2.24, 2.45) is 0 Å². The number of nitrogens with zero attached hydrogens (tertiary/aromatic N) is 1. The molecule has 0 heterocycles. The summed E-state index contributed by atoms with van der Waals surface area (Å²) in [7, 11) is -1.88. The molecule has 0 fully saturated rings. The summed E-state index contributed by atoms with van der Waals surface area (Å²) in [6, 6.07) is 11.2. The van der Waals surface area contributed by atoms with E-state index >= 15 is 0 Å². The van der Waals surface area contributed by atoms with Gasteiger partial charge in [-0.2, -0.15) is 0 Å². The van der Waals surface area contributed by atoms with E-state index in [0.29, 0.717) is 33.6 Å². The zero-order chi connectivity index (χ0) is 20.2. The fraction of sp³-hybridized carbons (Fsp3) is 0.278. The molecule has 1 N–H and O–H groups in total.